The second-order valence-corrected chi connectivity index (χ2v) is 6.90. The Labute approximate surface area is 134 Å². The molecule has 3 heterocycles. The Bertz CT molecular complexity index is 662. The maximum Gasteiger partial charge on any atom is 0.261 e. The standard InChI is InChI=1S/C16H20N4OS/c1-11-3-4-14(22-11)16(21)19-13-6-9-20(10-7-13)15-5-8-17-12(2)18-15/h3-5,8,13H,6-7,9-10H2,1-2H3,(H,19,21). The summed E-state index contributed by atoms with van der Waals surface area (Å²) in [6.45, 7) is 5.73. The zero-order valence-electron chi connectivity index (χ0n) is 12.9. The molecule has 1 saturated heterocycles. The van der Waals surface area contributed by atoms with Gasteiger partial charge in [0.2, 0.25) is 0 Å². The predicted molar refractivity (Wildman–Crippen MR) is 88.5 cm³/mol. The highest BCUT2D eigenvalue weighted by Gasteiger charge is 2.22. The first-order valence-electron chi connectivity index (χ1n) is 7.54. The molecule has 116 valence electrons. The van der Waals surface area contributed by atoms with E-state index in [-0.39, 0.29) is 11.9 Å². The number of nitrogens with zero attached hydrogens (tertiary/aromatic N) is 3. The number of piperidine rings is 1. The Morgan fingerprint density at radius 2 is 2.05 bits per heavy atom. The molecule has 1 N–H and O–H groups in total. The van der Waals surface area contributed by atoms with Gasteiger partial charge in [0.15, 0.2) is 0 Å². The van der Waals surface area contributed by atoms with Crippen LogP contribution in [0.15, 0.2) is 24.4 Å². The molecule has 0 unspecified atom stereocenters. The molecule has 1 amide bonds. The Hall–Kier alpha value is -1.95. The van der Waals surface area contributed by atoms with E-state index >= 15 is 0 Å². The fraction of sp³-hybridized carbons (Fsp3) is 0.438. The lowest BCUT2D eigenvalue weighted by molar-refractivity contribution is 0.0935. The van der Waals surface area contributed by atoms with Crippen molar-refractivity contribution < 1.29 is 4.79 Å². The van der Waals surface area contributed by atoms with Crippen LogP contribution in [0.5, 0.6) is 0 Å². The molecule has 1 fully saturated rings. The third kappa shape index (κ3) is 3.44. The van der Waals surface area contributed by atoms with E-state index in [4.69, 9.17) is 0 Å². The summed E-state index contributed by atoms with van der Waals surface area (Å²) in [7, 11) is 0. The van der Waals surface area contributed by atoms with Gasteiger partial charge < -0.3 is 10.2 Å². The lowest BCUT2D eigenvalue weighted by atomic mass is 10.0. The van der Waals surface area contributed by atoms with Crippen molar-refractivity contribution in [3.8, 4) is 0 Å². The van der Waals surface area contributed by atoms with Crippen LogP contribution >= 0.6 is 11.3 Å². The number of anilines is 1. The van der Waals surface area contributed by atoms with Crippen molar-refractivity contribution in [2.45, 2.75) is 32.7 Å². The molecule has 2 aromatic rings. The van der Waals surface area contributed by atoms with Crippen LogP contribution in [0, 0.1) is 13.8 Å². The molecule has 22 heavy (non-hydrogen) atoms. The first-order valence-corrected chi connectivity index (χ1v) is 8.35. The Kier molecular flexibility index (Phi) is 4.38. The number of rotatable bonds is 3. The van der Waals surface area contributed by atoms with Crippen LogP contribution < -0.4 is 10.2 Å². The topological polar surface area (TPSA) is 58.1 Å². The third-order valence-corrected chi connectivity index (χ3v) is 4.88. The molecule has 6 heteroatoms. The van der Waals surface area contributed by atoms with Crippen LogP contribution in [0.4, 0.5) is 5.82 Å². The van der Waals surface area contributed by atoms with Crippen molar-refractivity contribution in [1.82, 2.24) is 15.3 Å². The smallest absolute Gasteiger partial charge is 0.261 e. The van der Waals surface area contributed by atoms with Crippen molar-refractivity contribution in [1.29, 1.82) is 0 Å². The number of carbonyl (C=O) groups excluding carboxylic acids is 1. The number of hydrogen-bond donors (Lipinski definition) is 1. The third-order valence-electron chi connectivity index (χ3n) is 3.88. The van der Waals surface area contributed by atoms with Gasteiger partial charge in [0.05, 0.1) is 4.88 Å². The summed E-state index contributed by atoms with van der Waals surface area (Å²) in [6, 6.07) is 6.07. The molecule has 1 aliphatic heterocycles. The van der Waals surface area contributed by atoms with Gasteiger partial charge in [-0.3, -0.25) is 4.79 Å². The molecular formula is C16H20N4OS. The molecule has 5 nitrogen and oxygen atoms in total. The van der Waals surface area contributed by atoms with Gasteiger partial charge in [-0.05, 0) is 44.9 Å². The Morgan fingerprint density at radius 1 is 1.27 bits per heavy atom. The van der Waals surface area contributed by atoms with Crippen molar-refractivity contribution in [3.63, 3.8) is 0 Å². The molecule has 0 aromatic carbocycles. The van der Waals surface area contributed by atoms with Crippen molar-refractivity contribution >= 4 is 23.1 Å². The number of hydrogen-bond acceptors (Lipinski definition) is 5. The van der Waals surface area contributed by atoms with E-state index in [1.807, 2.05) is 32.0 Å². The van der Waals surface area contributed by atoms with Gasteiger partial charge in [0, 0.05) is 30.2 Å². The van der Waals surface area contributed by atoms with Gasteiger partial charge in [-0.1, -0.05) is 0 Å². The van der Waals surface area contributed by atoms with E-state index in [1.54, 1.807) is 17.5 Å². The van der Waals surface area contributed by atoms with Crippen molar-refractivity contribution in [2.75, 3.05) is 18.0 Å². The SMILES string of the molecule is Cc1nccc(N2CCC(NC(=O)c3ccc(C)s3)CC2)n1. The summed E-state index contributed by atoms with van der Waals surface area (Å²) in [6.07, 6.45) is 3.68. The van der Waals surface area contributed by atoms with Gasteiger partial charge in [-0.25, -0.2) is 9.97 Å². The maximum absolute atomic E-state index is 12.2. The average Bonchev–Trinajstić information content (AvgIpc) is 2.95. The van der Waals surface area contributed by atoms with E-state index in [0.717, 1.165) is 42.5 Å². The number of nitrogens with one attached hydrogen (secondary N) is 1. The first-order chi connectivity index (χ1) is 10.6. The zero-order chi connectivity index (χ0) is 15.5. The first kappa shape index (κ1) is 15.0. The molecule has 0 atom stereocenters. The molecule has 0 saturated carbocycles. The molecule has 3 rings (SSSR count). The van der Waals surface area contributed by atoms with Crippen LogP contribution in [0.1, 0.15) is 33.2 Å². The van der Waals surface area contributed by atoms with E-state index < -0.39 is 0 Å². The number of aromatic nitrogens is 2. The molecular weight excluding hydrogens is 296 g/mol. The van der Waals surface area contributed by atoms with E-state index in [0.29, 0.717) is 0 Å². The van der Waals surface area contributed by atoms with Gasteiger partial charge in [-0.15, -0.1) is 11.3 Å². The highest BCUT2D eigenvalue weighted by atomic mass is 32.1. The molecule has 0 bridgehead atoms. The highest BCUT2D eigenvalue weighted by Crippen LogP contribution is 2.19. The Morgan fingerprint density at radius 3 is 2.68 bits per heavy atom. The van der Waals surface area contributed by atoms with E-state index in [2.05, 4.69) is 20.2 Å². The minimum absolute atomic E-state index is 0.0504. The lowest BCUT2D eigenvalue weighted by Crippen LogP contribution is -2.44. The summed E-state index contributed by atoms with van der Waals surface area (Å²) < 4.78 is 0. The van der Waals surface area contributed by atoms with Gasteiger partial charge in [0.1, 0.15) is 11.6 Å². The Balaban J connectivity index is 1.54. The number of amides is 1. The molecule has 0 radical (unpaired) electrons. The van der Waals surface area contributed by atoms with Crippen LogP contribution in [-0.2, 0) is 0 Å². The van der Waals surface area contributed by atoms with Crippen molar-refractivity contribution in [3.05, 3.63) is 40.0 Å². The number of thiophene rings is 1. The largest absolute Gasteiger partial charge is 0.356 e. The molecule has 2 aromatic heterocycles. The summed E-state index contributed by atoms with van der Waals surface area (Å²) in [5.41, 5.74) is 0. The molecule has 0 aliphatic carbocycles. The zero-order valence-corrected chi connectivity index (χ0v) is 13.7. The fourth-order valence-corrected chi connectivity index (χ4v) is 3.46. The number of aryl methyl sites for hydroxylation is 2. The second-order valence-electron chi connectivity index (χ2n) is 5.61. The summed E-state index contributed by atoms with van der Waals surface area (Å²) in [5, 5.41) is 3.14. The maximum atomic E-state index is 12.2. The van der Waals surface area contributed by atoms with Gasteiger partial charge in [-0.2, -0.15) is 0 Å². The normalized spacial score (nSPS) is 15.8. The summed E-state index contributed by atoms with van der Waals surface area (Å²) in [4.78, 5) is 25.0. The number of carbonyl (C=O) groups is 1. The highest BCUT2D eigenvalue weighted by molar-refractivity contribution is 7.13. The van der Waals surface area contributed by atoms with Gasteiger partial charge >= 0.3 is 0 Å². The second kappa shape index (κ2) is 6.44. The van der Waals surface area contributed by atoms with E-state index in [9.17, 15) is 4.79 Å². The lowest BCUT2D eigenvalue weighted by Gasteiger charge is -2.33. The monoisotopic (exact) mass is 316 g/mol. The fourth-order valence-electron chi connectivity index (χ4n) is 2.69. The van der Waals surface area contributed by atoms with Crippen LogP contribution in [-0.4, -0.2) is 35.0 Å². The summed E-state index contributed by atoms with van der Waals surface area (Å²) in [5.74, 6) is 1.82. The van der Waals surface area contributed by atoms with Gasteiger partial charge in [0.25, 0.3) is 5.91 Å². The minimum atomic E-state index is 0.0504. The van der Waals surface area contributed by atoms with Crippen LogP contribution in [0.3, 0.4) is 0 Å². The quantitative estimate of drug-likeness (QED) is 0.945. The van der Waals surface area contributed by atoms with E-state index in [1.165, 1.54) is 4.88 Å². The predicted octanol–water partition coefficient (Wildman–Crippen LogP) is 2.55. The van der Waals surface area contributed by atoms with Crippen LogP contribution in [0.25, 0.3) is 0 Å². The summed E-state index contributed by atoms with van der Waals surface area (Å²) >= 11 is 1.54. The van der Waals surface area contributed by atoms with Crippen LogP contribution in [0.2, 0.25) is 0 Å². The molecule has 1 aliphatic rings. The minimum Gasteiger partial charge on any atom is -0.356 e. The average molecular weight is 316 g/mol. The molecule has 0 spiro atoms. The van der Waals surface area contributed by atoms with Crippen molar-refractivity contribution in [2.24, 2.45) is 0 Å².